The molecule has 0 spiro atoms. The van der Waals surface area contributed by atoms with Crippen molar-refractivity contribution < 1.29 is 9.53 Å². The molecule has 1 aromatic heterocycles. The lowest BCUT2D eigenvalue weighted by atomic mass is 10.1. The molecule has 2 aromatic rings. The van der Waals surface area contributed by atoms with Gasteiger partial charge in [-0.15, -0.1) is 0 Å². The van der Waals surface area contributed by atoms with E-state index in [1.165, 1.54) is 18.2 Å². The number of hydrogen-bond acceptors (Lipinski definition) is 4. The molecule has 5 heteroatoms. The molecule has 1 heterocycles. The normalized spacial score (nSPS) is 10.7. The van der Waals surface area contributed by atoms with Gasteiger partial charge in [-0.05, 0) is 55.7 Å². The number of aromatic nitrogens is 1. The Bertz CT molecular complexity index is 683. The van der Waals surface area contributed by atoms with Crippen LogP contribution < -0.4 is 10.6 Å². The van der Waals surface area contributed by atoms with Crippen LogP contribution in [0.25, 0.3) is 10.9 Å². The van der Waals surface area contributed by atoms with Crippen LogP contribution in [0.15, 0.2) is 18.2 Å². The molecule has 0 bridgehead atoms. The van der Waals surface area contributed by atoms with Gasteiger partial charge in [0.25, 0.3) is 0 Å². The van der Waals surface area contributed by atoms with Crippen molar-refractivity contribution in [2.45, 2.75) is 20.8 Å². The molecule has 0 atom stereocenters. The Morgan fingerprint density at radius 2 is 1.77 bits per heavy atom. The number of aryl methyl sites for hydroxylation is 3. The average molecular weight is 301 g/mol. The van der Waals surface area contributed by atoms with Crippen LogP contribution in [0.5, 0.6) is 0 Å². The zero-order valence-corrected chi connectivity index (χ0v) is 13.6. The smallest absolute Gasteiger partial charge is 0.246 e. The van der Waals surface area contributed by atoms with E-state index in [0.29, 0.717) is 13.1 Å². The third kappa shape index (κ3) is 3.95. The van der Waals surface area contributed by atoms with E-state index in [1.807, 2.05) is 6.92 Å². The van der Waals surface area contributed by atoms with E-state index in [-0.39, 0.29) is 12.5 Å². The lowest BCUT2D eigenvalue weighted by Gasteiger charge is -2.12. The minimum absolute atomic E-state index is 0.0892. The maximum absolute atomic E-state index is 11.3. The van der Waals surface area contributed by atoms with Crippen molar-refractivity contribution >= 4 is 22.6 Å². The third-order valence-corrected chi connectivity index (χ3v) is 3.64. The fourth-order valence-corrected chi connectivity index (χ4v) is 2.29. The molecule has 0 unspecified atom stereocenters. The zero-order chi connectivity index (χ0) is 16.1. The number of methoxy groups -OCH3 is 1. The quantitative estimate of drug-likeness (QED) is 0.804. The number of pyridine rings is 1. The molecular weight excluding hydrogens is 278 g/mol. The fourth-order valence-electron chi connectivity index (χ4n) is 2.29. The summed E-state index contributed by atoms with van der Waals surface area (Å²) in [4.78, 5) is 16.0. The number of carbonyl (C=O) groups is 1. The van der Waals surface area contributed by atoms with E-state index in [2.05, 4.69) is 47.7 Å². The van der Waals surface area contributed by atoms with Crippen molar-refractivity contribution in [3.63, 3.8) is 0 Å². The molecule has 0 fully saturated rings. The molecule has 2 N–H and O–H groups in total. The van der Waals surface area contributed by atoms with Crippen LogP contribution in [0, 0.1) is 20.8 Å². The minimum atomic E-state index is -0.112. The molecule has 2 rings (SSSR count). The van der Waals surface area contributed by atoms with Gasteiger partial charge in [0.1, 0.15) is 12.4 Å². The number of nitrogens with one attached hydrogen (secondary N) is 2. The van der Waals surface area contributed by atoms with Crippen molar-refractivity contribution in [1.29, 1.82) is 0 Å². The number of amides is 1. The van der Waals surface area contributed by atoms with Crippen LogP contribution in [0.1, 0.15) is 16.7 Å². The highest BCUT2D eigenvalue weighted by Crippen LogP contribution is 2.22. The van der Waals surface area contributed by atoms with Gasteiger partial charge >= 0.3 is 0 Å². The summed E-state index contributed by atoms with van der Waals surface area (Å²) in [5.74, 6) is 0.746. The summed E-state index contributed by atoms with van der Waals surface area (Å²) < 4.78 is 4.76. The molecule has 0 aliphatic carbocycles. The van der Waals surface area contributed by atoms with E-state index in [0.717, 1.165) is 22.3 Å². The number of hydrogen-bond donors (Lipinski definition) is 2. The Kier molecular flexibility index (Phi) is 5.33. The molecule has 0 aliphatic heterocycles. The summed E-state index contributed by atoms with van der Waals surface area (Å²) in [5.41, 5.74) is 4.59. The highest BCUT2D eigenvalue weighted by molar-refractivity contribution is 5.83. The molecule has 0 aliphatic rings. The predicted octanol–water partition coefficient (Wildman–Crippen LogP) is 2.33. The van der Waals surface area contributed by atoms with E-state index < -0.39 is 0 Å². The van der Waals surface area contributed by atoms with Crippen LogP contribution in [0.4, 0.5) is 5.82 Å². The maximum atomic E-state index is 11.3. The number of carbonyl (C=O) groups excluding carboxylic acids is 1. The summed E-state index contributed by atoms with van der Waals surface area (Å²) in [6.45, 7) is 7.49. The Balaban J connectivity index is 2.03. The standard InChI is InChI=1S/C17H23N3O2/c1-11-7-14-8-13(3)17(20-15(14)9-12(11)2)19-6-5-18-16(21)10-22-4/h7-9H,5-6,10H2,1-4H3,(H,18,21)(H,19,20). The number of fused-ring (bicyclic) bond motifs is 1. The Morgan fingerprint density at radius 1 is 1.09 bits per heavy atom. The Hall–Kier alpha value is -2.14. The summed E-state index contributed by atoms with van der Waals surface area (Å²) in [6.07, 6.45) is 0. The SMILES string of the molecule is COCC(=O)NCCNc1nc2cc(C)c(C)cc2cc1C. The summed E-state index contributed by atoms with van der Waals surface area (Å²) in [5, 5.41) is 7.20. The van der Waals surface area contributed by atoms with Gasteiger partial charge in [0.15, 0.2) is 0 Å². The molecule has 0 saturated heterocycles. The van der Waals surface area contributed by atoms with E-state index in [4.69, 9.17) is 4.74 Å². The largest absolute Gasteiger partial charge is 0.375 e. The third-order valence-electron chi connectivity index (χ3n) is 3.64. The highest BCUT2D eigenvalue weighted by atomic mass is 16.5. The average Bonchev–Trinajstić information content (AvgIpc) is 2.46. The molecular formula is C17H23N3O2. The van der Waals surface area contributed by atoms with Crippen molar-refractivity contribution in [3.8, 4) is 0 Å². The van der Waals surface area contributed by atoms with Crippen LogP contribution in [0.3, 0.4) is 0 Å². The number of benzene rings is 1. The number of nitrogens with zero attached hydrogens (tertiary/aromatic N) is 1. The van der Waals surface area contributed by atoms with Crippen LogP contribution in [-0.2, 0) is 9.53 Å². The van der Waals surface area contributed by atoms with Gasteiger partial charge in [0, 0.05) is 25.6 Å². The molecule has 1 amide bonds. The van der Waals surface area contributed by atoms with E-state index >= 15 is 0 Å². The molecule has 1 aromatic carbocycles. The number of rotatable bonds is 6. The predicted molar refractivity (Wildman–Crippen MR) is 89.3 cm³/mol. The van der Waals surface area contributed by atoms with Crippen molar-refractivity contribution in [3.05, 3.63) is 34.9 Å². The summed E-state index contributed by atoms with van der Waals surface area (Å²) in [6, 6.07) is 6.41. The van der Waals surface area contributed by atoms with Gasteiger partial charge < -0.3 is 15.4 Å². The van der Waals surface area contributed by atoms with Crippen molar-refractivity contribution in [2.24, 2.45) is 0 Å². The maximum Gasteiger partial charge on any atom is 0.246 e. The monoisotopic (exact) mass is 301 g/mol. The van der Waals surface area contributed by atoms with E-state index in [9.17, 15) is 4.79 Å². The summed E-state index contributed by atoms with van der Waals surface area (Å²) in [7, 11) is 1.50. The second kappa shape index (κ2) is 7.22. The first-order valence-corrected chi connectivity index (χ1v) is 7.39. The fraction of sp³-hybridized carbons (Fsp3) is 0.412. The van der Waals surface area contributed by atoms with Gasteiger partial charge in [-0.25, -0.2) is 4.98 Å². The van der Waals surface area contributed by atoms with Crippen LogP contribution >= 0.6 is 0 Å². The van der Waals surface area contributed by atoms with E-state index in [1.54, 1.807) is 0 Å². The van der Waals surface area contributed by atoms with Gasteiger partial charge in [0.05, 0.1) is 5.52 Å². The first-order chi connectivity index (χ1) is 10.5. The molecule has 0 saturated carbocycles. The first kappa shape index (κ1) is 16.2. The Morgan fingerprint density at radius 3 is 2.50 bits per heavy atom. The van der Waals surface area contributed by atoms with Crippen molar-refractivity contribution in [1.82, 2.24) is 10.3 Å². The second-order valence-corrected chi connectivity index (χ2v) is 5.49. The molecule has 5 nitrogen and oxygen atoms in total. The number of ether oxygens (including phenoxy) is 1. The van der Waals surface area contributed by atoms with Crippen molar-refractivity contribution in [2.75, 3.05) is 32.1 Å². The topological polar surface area (TPSA) is 63.2 Å². The van der Waals surface area contributed by atoms with Gasteiger partial charge in [-0.3, -0.25) is 4.79 Å². The molecule has 118 valence electrons. The molecule has 22 heavy (non-hydrogen) atoms. The minimum Gasteiger partial charge on any atom is -0.375 e. The summed E-state index contributed by atoms with van der Waals surface area (Å²) >= 11 is 0. The number of anilines is 1. The van der Waals surface area contributed by atoms with Crippen LogP contribution in [0.2, 0.25) is 0 Å². The van der Waals surface area contributed by atoms with Crippen LogP contribution in [-0.4, -0.2) is 37.7 Å². The lowest BCUT2D eigenvalue weighted by Crippen LogP contribution is -2.31. The highest BCUT2D eigenvalue weighted by Gasteiger charge is 2.05. The Labute approximate surface area is 131 Å². The zero-order valence-electron chi connectivity index (χ0n) is 13.6. The molecule has 0 radical (unpaired) electrons. The first-order valence-electron chi connectivity index (χ1n) is 7.39. The lowest BCUT2D eigenvalue weighted by molar-refractivity contribution is -0.124. The van der Waals surface area contributed by atoms with Gasteiger partial charge in [0.2, 0.25) is 5.91 Å². The van der Waals surface area contributed by atoms with Gasteiger partial charge in [-0.2, -0.15) is 0 Å². The van der Waals surface area contributed by atoms with Gasteiger partial charge in [-0.1, -0.05) is 0 Å². The second-order valence-electron chi connectivity index (χ2n) is 5.49.